The Hall–Kier alpha value is -2.65. The van der Waals surface area contributed by atoms with Gasteiger partial charge in [-0.25, -0.2) is 0 Å². The second-order valence-electron chi connectivity index (χ2n) is 6.79. The summed E-state index contributed by atoms with van der Waals surface area (Å²) in [6, 6.07) is 20.1. The van der Waals surface area contributed by atoms with Crippen LogP contribution in [0.4, 0.5) is 5.69 Å². The van der Waals surface area contributed by atoms with E-state index in [1.165, 1.54) is 11.1 Å². The van der Waals surface area contributed by atoms with Gasteiger partial charge in [0.15, 0.2) is 11.5 Å². The summed E-state index contributed by atoms with van der Waals surface area (Å²) in [5.41, 5.74) is 5.85. The molecule has 0 aliphatic carbocycles. The quantitative estimate of drug-likeness (QED) is 0.469. The molecule has 0 unspecified atom stereocenters. The maximum Gasteiger partial charge on any atom is 0.161 e. The lowest BCUT2D eigenvalue weighted by molar-refractivity contribution is 0.269. The summed E-state index contributed by atoms with van der Waals surface area (Å²) in [6.45, 7) is 7.97. The normalized spacial score (nSPS) is 10.6. The Morgan fingerprint density at radius 1 is 0.821 bits per heavy atom. The van der Waals surface area contributed by atoms with Crippen LogP contribution in [0.5, 0.6) is 11.5 Å². The minimum Gasteiger partial charge on any atom is -0.490 e. The molecular weight excluding hydrogens is 370 g/mol. The molecule has 3 rings (SSSR count). The van der Waals surface area contributed by atoms with Crippen molar-refractivity contribution >= 4 is 17.3 Å². The van der Waals surface area contributed by atoms with Crippen molar-refractivity contribution in [1.82, 2.24) is 0 Å². The molecule has 0 spiro atoms. The molecule has 0 saturated heterocycles. The third-order valence-electron chi connectivity index (χ3n) is 4.59. The Labute approximate surface area is 172 Å². The smallest absolute Gasteiger partial charge is 0.161 e. The zero-order chi connectivity index (χ0) is 19.9. The van der Waals surface area contributed by atoms with Gasteiger partial charge < -0.3 is 14.8 Å². The Kier molecular flexibility index (Phi) is 6.83. The number of aryl methyl sites for hydroxylation is 2. The Morgan fingerprint density at radius 2 is 1.68 bits per heavy atom. The van der Waals surface area contributed by atoms with Gasteiger partial charge in [0, 0.05) is 17.3 Å². The summed E-state index contributed by atoms with van der Waals surface area (Å²) >= 11 is 6.04. The third-order valence-corrected chi connectivity index (χ3v) is 4.83. The molecule has 0 fully saturated rings. The van der Waals surface area contributed by atoms with Gasteiger partial charge in [-0.05, 0) is 79.4 Å². The van der Waals surface area contributed by atoms with E-state index in [-0.39, 0.29) is 0 Å². The first kappa shape index (κ1) is 20.1. The van der Waals surface area contributed by atoms with Crippen molar-refractivity contribution < 1.29 is 9.47 Å². The molecule has 1 N–H and O–H groups in total. The van der Waals surface area contributed by atoms with Gasteiger partial charge in [-0.2, -0.15) is 0 Å². The van der Waals surface area contributed by atoms with E-state index in [1.54, 1.807) is 0 Å². The number of benzene rings is 3. The van der Waals surface area contributed by atoms with Crippen LogP contribution in [-0.2, 0) is 13.2 Å². The number of nitrogens with one attached hydrogen (secondary N) is 1. The molecule has 3 aromatic rings. The van der Waals surface area contributed by atoms with E-state index in [9.17, 15) is 0 Å². The van der Waals surface area contributed by atoms with E-state index in [0.29, 0.717) is 18.2 Å². The third kappa shape index (κ3) is 5.43. The lowest BCUT2D eigenvalue weighted by Crippen LogP contribution is -2.03. The SMILES string of the molecule is CCOc1cc(CNc2ccc(C)c(C)c2)ccc1OCc1cccc(Cl)c1. The zero-order valence-electron chi connectivity index (χ0n) is 16.6. The summed E-state index contributed by atoms with van der Waals surface area (Å²) in [5, 5.41) is 4.18. The number of ether oxygens (including phenoxy) is 2. The summed E-state index contributed by atoms with van der Waals surface area (Å²) in [5.74, 6) is 1.49. The van der Waals surface area contributed by atoms with E-state index < -0.39 is 0 Å². The van der Waals surface area contributed by atoms with Crippen LogP contribution in [0.2, 0.25) is 5.02 Å². The first-order valence-corrected chi connectivity index (χ1v) is 9.87. The van der Waals surface area contributed by atoms with Crippen LogP contribution in [-0.4, -0.2) is 6.61 Å². The maximum absolute atomic E-state index is 6.04. The monoisotopic (exact) mass is 395 g/mol. The van der Waals surface area contributed by atoms with Gasteiger partial charge in [0.05, 0.1) is 6.61 Å². The highest BCUT2D eigenvalue weighted by Crippen LogP contribution is 2.30. The number of anilines is 1. The molecule has 0 radical (unpaired) electrons. The van der Waals surface area contributed by atoms with Crippen molar-refractivity contribution in [3.63, 3.8) is 0 Å². The van der Waals surface area contributed by atoms with Crippen molar-refractivity contribution in [3.05, 3.63) is 87.9 Å². The molecule has 0 aliphatic heterocycles. The molecule has 0 saturated carbocycles. The largest absolute Gasteiger partial charge is 0.490 e. The number of hydrogen-bond acceptors (Lipinski definition) is 3. The predicted octanol–water partition coefficient (Wildman–Crippen LogP) is 6.55. The van der Waals surface area contributed by atoms with Crippen LogP contribution in [0.1, 0.15) is 29.2 Å². The number of hydrogen-bond donors (Lipinski definition) is 1. The molecule has 4 heteroatoms. The molecule has 0 bridgehead atoms. The van der Waals surface area contributed by atoms with Crippen LogP contribution in [0.15, 0.2) is 60.7 Å². The molecule has 0 heterocycles. The van der Waals surface area contributed by atoms with Crippen LogP contribution in [0, 0.1) is 13.8 Å². The second kappa shape index (κ2) is 9.52. The van der Waals surface area contributed by atoms with Crippen molar-refractivity contribution in [2.75, 3.05) is 11.9 Å². The van der Waals surface area contributed by atoms with Gasteiger partial charge in [-0.1, -0.05) is 35.9 Å². The van der Waals surface area contributed by atoms with Crippen molar-refractivity contribution in [3.8, 4) is 11.5 Å². The van der Waals surface area contributed by atoms with Gasteiger partial charge in [0.1, 0.15) is 6.61 Å². The van der Waals surface area contributed by atoms with Gasteiger partial charge in [-0.3, -0.25) is 0 Å². The fraction of sp³-hybridized carbons (Fsp3) is 0.250. The summed E-state index contributed by atoms with van der Waals surface area (Å²) in [7, 11) is 0. The Morgan fingerprint density at radius 3 is 2.43 bits per heavy atom. The van der Waals surface area contributed by atoms with E-state index in [0.717, 1.165) is 34.9 Å². The van der Waals surface area contributed by atoms with E-state index in [4.69, 9.17) is 21.1 Å². The Bertz CT molecular complexity index is 940. The topological polar surface area (TPSA) is 30.5 Å². The first-order chi connectivity index (χ1) is 13.5. The molecule has 3 nitrogen and oxygen atoms in total. The molecule has 0 atom stereocenters. The molecule has 0 aromatic heterocycles. The zero-order valence-corrected chi connectivity index (χ0v) is 17.3. The highest BCUT2D eigenvalue weighted by molar-refractivity contribution is 6.30. The van der Waals surface area contributed by atoms with E-state index in [1.807, 2.05) is 43.3 Å². The standard InChI is InChI=1S/C24H26ClNO2/c1-4-27-24-14-19(15-26-22-10-8-17(2)18(3)12-22)9-11-23(24)28-16-20-6-5-7-21(25)13-20/h5-14,26H,4,15-16H2,1-3H3. The maximum atomic E-state index is 6.04. The number of rotatable bonds is 8. The van der Waals surface area contributed by atoms with E-state index >= 15 is 0 Å². The summed E-state index contributed by atoms with van der Waals surface area (Å²) < 4.78 is 11.8. The van der Waals surface area contributed by atoms with Crippen LogP contribution in [0.3, 0.4) is 0 Å². The lowest BCUT2D eigenvalue weighted by atomic mass is 10.1. The van der Waals surface area contributed by atoms with Crippen LogP contribution >= 0.6 is 11.6 Å². The molecule has 146 valence electrons. The Balaban J connectivity index is 1.68. The number of halogens is 1. The van der Waals surface area contributed by atoms with Gasteiger partial charge >= 0.3 is 0 Å². The van der Waals surface area contributed by atoms with Crippen LogP contribution < -0.4 is 14.8 Å². The predicted molar refractivity (Wildman–Crippen MR) is 117 cm³/mol. The van der Waals surface area contributed by atoms with Gasteiger partial charge in [0.2, 0.25) is 0 Å². The van der Waals surface area contributed by atoms with E-state index in [2.05, 4.69) is 43.4 Å². The average molecular weight is 396 g/mol. The summed E-state index contributed by atoms with van der Waals surface area (Å²) in [4.78, 5) is 0. The lowest BCUT2D eigenvalue weighted by Gasteiger charge is -2.14. The van der Waals surface area contributed by atoms with Crippen LogP contribution in [0.25, 0.3) is 0 Å². The van der Waals surface area contributed by atoms with Crippen molar-refractivity contribution in [1.29, 1.82) is 0 Å². The minimum absolute atomic E-state index is 0.445. The minimum atomic E-state index is 0.445. The highest BCUT2D eigenvalue weighted by Gasteiger charge is 2.08. The molecule has 0 aliphatic rings. The molecule has 3 aromatic carbocycles. The van der Waals surface area contributed by atoms with Crippen molar-refractivity contribution in [2.45, 2.75) is 33.9 Å². The highest BCUT2D eigenvalue weighted by atomic mass is 35.5. The fourth-order valence-corrected chi connectivity index (χ4v) is 3.11. The molecule has 0 amide bonds. The summed E-state index contributed by atoms with van der Waals surface area (Å²) in [6.07, 6.45) is 0. The van der Waals surface area contributed by atoms with Gasteiger partial charge in [-0.15, -0.1) is 0 Å². The van der Waals surface area contributed by atoms with Crippen molar-refractivity contribution in [2.24, 2.45) is 0 Å². The average Bonchev–Trinajstić information content (AvgIpc) is 2.68. The second-order valence-corrected chi connectivity index (χ2v) is 7.22. The molecule has 28 heavy (non-hydrogen) atoms. The molecular formula is C24H26ClNO2. The first-order valence-electron chi connectivity index (χ1n) is 9.49. The fourth-order valence-electron chi connectivity index (χ4n) is 2.89. The van der Waals surface area contributed by atoms with Gasteiger partial charge in [0.25, 0.3) is 0 Å².